The minimum absolute atomic E-state index is 0.108. The Kier molecular flexibility index (Phi) is 80.7. The topological polar surface area (TPSA) is 237 Å². The van der Waals surface area contributed by atoms with Crippen LogP contribution in [0.15, 0.2) is 0 Å². The van der Waals surface area contributed by atoms with Gasteiger partial charge in [0.2, 0.25) is 0 Å². The van der Waals surface area contributed by atoms with Crippen molar-refractivity contribution in [3.63, 3.8) is 0 Å². The summed E-state index contributed by atoms with van der Waals surface area (Å²) in [6.07, 6.45) is 76.4. The molecule has 7 atom stereocenters. The quantitative estimate of drug-likeness (QED) is 0.0222. The van der Waals surface area contributed by atoms with Crippen molar-refractivity contribution in [1.82, 2.24) is 0 Å². The number of phosphoric ester groups is 2. The van der Waals surface area contributed by atoms with Gasteiger partial charge in [0.25, 0.3) is 0 Å². The Morgan fingerprint density at radius 2 is 0.436 bits per heavy atom. The Morgan fingerprint density at radius 3 is 0.645 bits per heavy atom. The second kappa shape index (κ2) is 82.2. The van der Waals surface area contributed by atoms with Crippen molar-refractivity contribution in [2.45, 2.75) is 509 Å². The van der Waals surface area contributed by atoms with E-state index in [0.29, 0.717) is 25.7 Å². The van der Waals surface area contributed by atoms with Crippen LogP contribution >= 0.6 is 15.6 Å². The molecular formula is C91H178O17P2. The molecule has 0 heterocycles. The summed E-state index contributed by atoms with van der Waals surface area (Å²) in [6, 6.07) is 0. The average molecular weight is 1610 g/mol. The molecule has 0 saturated heterocycles. The fraction of sp³-hybridized carbons (Fsp3) is 0.956. The van der Waals surface area contributed by atoms with E-state index in [2.05, 4.69) is 41.5 Å². The van der Waals surface area contributed by atoms with Crippen molar-refractivity contribution >= 4 is 39.5 Å². The fourth-order valence-electron chi connectivity index (χ4n) is 14.2. The third-order valence-corrected chi connectivity index (χ3v) is 24.1. The lowest BCUT2D eigenvalue weighted by Crippen LogP contribution is -2.30. The molecule has 0 aliphatic heterocycles. The molecule has 4 unspecified atom stereocenters. The van der Waals surface area contributed by atoms with E-state index in [1.165, 1.54) is 308 Å². The Hall–Kier alpha value is -1.94. The molecule has 0 aromatic heterocycles. The summed E-state index contributed by atoms with van der Waals surface area (Å²) in [5.74, 6) is -0.447. The zero-order chi connectivity index (χ0) is 80.6. The maximum atomic E-state index is 13.2. The van der Waals surface area contributed by atoms with Crippen molar-refractivity contribution in [3.05, 3.63) is 0 Å². The average Bonchev–Trinajstić information content (AvgIpc) is 0.898. The van der Waals surface area contributed by atoms with Crippen LogP contribution < -0.4 is 0 Å². The number of aliphatic hydroxyl groups is 1. The van der Waals surface area contributed by atoms with Crippen LogP contribution in [0.25, 0.3) is 0 Å². The predicted molar refractivity (Wildman–Crippen MR) is 455 cm³/mol. The highest BCUT2D eigenvalue weighted by Crippen LogP contribution is 2.45. The fourth-order valence-corrected chi connectivity index (χ4v) is 15.8. The number of hydrogen-bond acceptors (Lipinski definition) is 15. The van der Waals surface area contributed by atoms with Crippen molar-refractivity contribution in [3.8, 4) is 0 Å². The first-order valence-corrected chi connectivity index (χ1v) is 50.1. The number of aliphatic hydroxyl groups excluding tert-OH is 1. The molecule has 0 fully saturated rings. The van der Waals surface area contributed by atoms with Crippen LogP contribution in [0.3, 0.4) is 0 Å². The Labute approximate surface area is 677 Å². The lowest BCUT2D eigenvalue weighted by atomic mass is 9.99. The molecule has 0 aromatic carbocycles. The van der Waals surface area contributed by atoms with Gasteiger partial charge in [-0.1, -0.05) is 440 Å². The highest BCUT2D eigenvalue weighted by Gasteiger charge is 2.31. The normalized spacial score (nSPS) is 14.2. The van der Waals surface area contributed by atoms with Gasteiger partial charge in [-0.25, -0.2) is 9.13 Å². The highest BCUT2D eigenvalue weighted by atomic mass is 31.2. The summed E-state index contributed by atoms with van der Waals surface area (Å²) >= 11 is 0. The van der Waals surface area contributed by atoms with Gasteiger partial charge in [0.15, 0.2) is 12.2 Å². The molecule has 0 aromatic rings. The van der Waals surface area contributed by atoms with Gasteiger partial charge in [-0.15, -0.1) is 0 Å². The first-order valence-electron chi connectivity index (χ1n) is 47.1. The molecular weight excluding hydrogens is 1430 g/mol. The van der Waals surface area contributed by atoms with Crippen LogP contribution in [0.5, 0.6) is 0 Å². The monoisotopic (exact) mass is 1610 g/mol. The number of ether oxygens (including phenoxy) is 4. The molecule has 654 valence electrons. The van der Waals surface area contributed by atoms with E-state index in [-0.39, 0.29) is 25.7 Å². The van der Waals surface area contributed by atoms with E-state index in [1.807, 2.05) is 0 Å². The predicted octanol–water partition coefficient (Wildman–Crippen LogP) is 28.2. The Bertz CT molecular complexity index is 2100. The second-order valence-corrected chi connectivity index (χ2v) is 36.1. The highest BCUT2D eigenvalue weighted by molar-refractivity contribution is 7.47. The van der Waals surface area contributed by atoms with Crippen LogP contribution in [0.4, 0.5) is 0 Å². The Morgan fingerprint density at radius 1 is 0.255 bits per heavy atom. The largest absolute Gasteiger partial charge is 0.472 e. The van der Waals surface area contributed by atoms with E-state index >= 15 is 0 Å². The van der Waals surface area contributed by atoms with Gasteiger partial charge in [-0.05, 0) is 37.5 Å². The summed E-state index contributed by atoms with van der Waals surface area (Å²) in [4.78, 5) is 73.4. The van der Waals surface area contributed by atoms with E-state index in [4.69, 9.17) is 37.0 Å². The molecule has 3 N–H and O–H groups in total. The smallest absolute Gasteiger partial charge is 0.462 e. The molecule has 0 bridgehead atoms. The zero-order valence-electron chi connectivity index (χ0n) is 72.6. The summed E-state index contributed by atoms with van der Waals surface area (Å²) in [7, 11) is -9.94. The minimum atomic E-state index is -4.97. The summed E-state index contributed by atoms with van der Waals surface area (Å²) < 4.78 is 69.1. The number of rotatable bonds is 90. The molecule has 110 heavy (non-hydrogen) atoms. The van der Waals surface area contributed by atoms with Gasteiger partial charge in [-0.3, -0.25) is 37.3 Å². The molecule has 19 heteroatoms. The van der Waals surface area contributed by atoms with Crippen molar-refractivity contribution in [1.29, 1.82) is 0 Å². The van der Waals surface area contributed by atoms with Crippen molar-refractivity contribution < 1.29 is 80.2 Å². The lowest BCUT2D eigenvalue weighted by Gasteiger charge is -2.21. The third-order valence-electron chi connectivity index (χ3n) is 22.2. The standard InChI is InChI=1S/C91H178O17P2/c1-7-11-13-15-17-19-21-23-25-26-27-28-29-33-37-40-44-48-55-61-67-73-88(93)101-79-86(107-90(95)76-70-64-58-50-46-42-38-34-31-30-32-36-39-43-47-53-59-65-71-83(5)9-3)81-105-109(97,98)103-77-85(92)78-104-110(99,100)106-82-87(80-102-89(94)74-68-62-56-52-51-54-60-66-72-84(6)10-4)108-91(96)75-69-63-57-49-45-41-35-24-22-20-18-16-14-12-8-2/h83-87,92H,7-82H2,1-6H3,(H,97,98)(H,99,100)/t83?,84?,85-,86-,87-/m1/s1. The number of carbonyl (C=O) groups is 4. The van der Waals surface area contributed by atoms with E-state index in [0.717, 1.165) is 102 Å². The molecule has 0 aliphatic carbocycles. The minimum Gasteiger partial charge on any atom is -0.462 e. The molecule has 17 nitrogen and oxygen atoms in total. The first kappa shape index (κ1) is 108. The van der Waals surface area contributed by atoms with E-state index in [1.54, 1.807) is 0 Å². The molecule has 0 saturated carbocycles. The SMILES string of the molecule is CCCCCCCCCCCCCCCCCCCCCCCC(=O)OC[C@H](COP(=O)(O)OC[C@@H](O)COP(=O)(O)OC[C@@H](COC(=O)CCCCCCCCCCC(C)CC)OC(=O)CCCCCCCCCCCCCCCCC)OC(=O)CCCCCCCCCCCCCCCCCCCCC(C)CC. The van der Waals surface area contributed by atoms with Crippen LogP contribution in [-0.2, 0) is 65.4 Å². The van der Waals surface area contributed by atoms with Crippen LogP contribution in [-0.4, -0.2) is 96.7 Å². The number of phosphoric acid groups is 2. The molecule has 0 amide bonds. The number of carbonyl (C=O) groups excluding carboxylic acids is 4. The van der Waals surface area contributed by atoms with E-state index < -0.39 is 97.5 Å². The van der Waals surface area contributed by atoms with Crippen molar-refractivity contribution in [2.75, 3.05) is 39.6 Å². The van der Waals surface area contributed by atoms with Gasteiger partial charge in [0, 0.05) is 25.7 Å². The molecule has 0 aliphatic rings. The summed E-state index contributed by atoms with van der Waals surface area (Å²) in [5.41, 5.74) is 0. The van der Waals surface area contributed by atoms with Gasteiger partial charge in [0.05, 0.1) is 26.4 Å². The van der Waals surface area contributed by atoms with Crippen LogP contribution in [0.1, 0.15) is 491 Å². The van der Waals surface area contributed by atoms with Gasteiger partial charge >= 0.3 is 39.5 Å². The first-order chi connectivity index (χ1) is 53.4. The van der Waals surface area contributed by atoms with Gasteiger partial charge < -0.3 is 33.8 Å². The molecule has 0 radical (unpaired) electrons. The number of esters is 4. The van der Waals surface area contributed by atoms with Gasteiger partial charge in [-0.2, -0.15) is 0 Å². The lowest BCUT2D eigenvalue weighted by molar-refractivity contribution is -0.161. The number of hydrogen-bond donors (Lipinski definition) is 3. The molecule has 0 spiro atoms. The van der Waals surface area contributed by atoms with Gasteiger partial charge in [0.1, 0.15) is 19.3 Å². The Balaban J connectivity index is 5.24. The maximum absolute atomic E-state index is 13.2. The maximum Gasteiger partial charge on any atom is 0.472 e. The number of unbranched alkanes of at least 4 members (excludes halogenated alkanes) is 58. The summed E-state index contributed by atoms with van der Waals surface area (Å²) in [6.45, 7) is 9.77. The van der Waals surface area contributed by atoms with Crippen molar-refractivity contribution in [2.24, 2.45) is 11.8 Å². The van der Waals surface area contributed by atoms with Crippen LogP contribution in [0.2, 0.25) is 0 Å². The van der Waals surface area contributed by atoms with E-state index in [9.17, 15) is 43.2 Å². The molecule has 0 rings (SSSR count). The second-order valence-electron chi connectivity index (χ2n) is 33.2. The third kappa shape index (κ3) is 81.2. The zero-order valence-corrected chi connectivity index (χ0v) is 74.4. The summed E-state index contributed by atoms with van der Waals surface area (Å²) in [5, 5.41) is 10.7. The van der Waals surface area contributed by atoms with Crippen LogP contribution in [0, 0.1) is 11.8 Å².